The predicted molar refractivity (Wildman–Crippen MR) is 93.1 cm³/mol. The Morgan fingerprint density at radius 2 is 1.70 bits per heavy atom. The van der Waals surface area contributed by atoms with Gasteiger partial charge in [-0.3, -0.25) is 0 Å². The number of nitrogens with one attached hydrogen (secondary N) is 1. The first kappa shape index (κ1) is 14.5. The van der Waals surface area contributed by atoms with Crippen molar-refractivity contribution in [3.05, 3.63) is 48.5 Å². The highest BCUT2D eigenvalue weighted by Gasteiger charge is 2.12. The van der Waals surface area contributed by atoms with Gasteiger partial charge in [0.15, 0.2) is 0 Å². The Morgan fingerprint density at radius 1 is 0.957 bits per heavy atom. The average Bonchev–Trinajstić information content (AvgIpc) is 2.48. The molecule has 0 heterocycles. The third kappa shape index (κ3) is 2.69. The van der Waals surface area contributed by atoms with E-state index in [0.717, 1.165) is 5.39 Å². The molecule has 0 fully saturated rings. The van der Waals surface area contributed by atoms with Crippen LogP contribution in [-0.2, 0) is 0 Å². The fraction of sp³-hybridized carbons (Fsp3) is 0. The van der Waals surface area contributed by atoms with Crippen LogP contribution >= 0.6 is 0 Å². The molecule has 3 aromatic rings. The van der Waals surface area contributed by atoms with Crippen LogP contribution in [-0.4, -0.2) is 11.1 Å². The molecule has 0 bridgehead atoms. The second-order valence-electron chi connectivity index (χ2n) is 5.23. The standard InChI is InChI=1S/C17H16N4O2/c18-10-2-5-13(15(19)8-10)14-4-1-9-7-11(21-17(20)23)3-6-12(9)16(14)22/h1-8,22H,18-19H2,(H3,20,21,23). The molecule has 3 aromatic carbocycles. The molecule has 0 aliphatic heterocycles. The quantitative estimate of drug-likeness (QED) is 0.466. The number of nitrogens with two attached hydrogens (primary N) is 3. The van der Waals surface area contributed by atoms with Crippen molar-refractivity contribution in [1.29, 1.82) is 0 Å². The first-order valence-electron chi connectivity index (χ1n) is 6.93. The number of carbonyl (C=O) groups is 1. The van der Waals surface area contributed by atoms with Gasteiger partial charge in [-0.15, -0.1) is 0 Å². The van der Waals surface area contributed by atoms with E-state index in [1.54, 1.807) is 42.5 Å². The molecular formula is C17H16N4O2. The molecule has 0 saturated heterocycles. The number of benzene rings is 3. The second kappa shape index (κ2) is 5.42. The zero-order chi connectivity index (χ0) is 16.6. The summed E-state index contributed by atoms with van der Waals surface area (Å²) in [6.45, 7) is 0. The fourth-order valence-corrected chi connectivity index (χ4v) is 2.58. The van der Waals surface area contributed by atoms with Crippen LogP contribution in [0.5, 0.6) is 5.75 Å². The molecule has 0 unspecified atom stereocenters. The number of hydrogen-bond donors (Lipinski definition) is 5. The lowest BCUT2D eigenvalue weighted by molar-refractivity contribution is 0.259. The minimum absolute atomic E-state index is 0.115. The van der Waals surface area contributed by atoms with Crippen molar-refractivity contribution in [2.24, 2.45) is 5.73 Å². The van der Waals surface area contributed by atoms with E-state index < -0.39 is 6.03 Å². The molecule has 0 aromatic heterocycles. The maximum atomic E-state index is 10.9. The number of urea groups is 1. The SMILES string of the molecule is NC(=O)Nc1ccc2c(O)c(-c3ccc(N)cc3N)ccc2c1. The lowest BCUT2D eigenvalue weighted by atomic mass is 9.98. The molecule has 3 rings (SSSR count). The van der Waals surface area contributed by atoms with E-state index in [0.29, 0.717) is 33.6 Å². The summed E-state index contributed by atoms with van der Waals surface area (Å²) in [4.78, 5) is 10.9. The Labute approximate surface area is 132 Å². The number of rotatable bonds is 2. The summed E-state index contributed by atoms with van der Waals surface area (Å²) in [6, 6.07) is 13.2. The molecule has 0 spiro atoms. The van der Waals surface area contributed by atoms with Gasteiger partial charge < -0.3 is 27.6 Å². The summed E-state index contributed by atoms with van der Waals surface area (Å²) in [5, 5.41) is 14.5. The summed E-state index contributed by atoms with van der Waals surface area (Å²) in [7, 11) is 0. The van der Waals surface area contributed by atoms with Gasteiger partial charge in [0.25, 0.3) is 0 Å². The van der Waals surface area contributed by atoms with Gasteiger partial charge in [-0.2, -0.15) is 0 Å². The van der Waals surface area contributed by atoms with Crippen LogP contribution in [0.15, 0.2) is 48.5 Å². The van der Waals surface area contributed by atoms with E-state index in [1.807, 2.05) is 6.07 Å². The first-order chi connectivity index (χ1) is 11.0. The maximum Gasteiger partial charge on any atom is 0.316 e. The predicted octanol–water partition coefficient (Wildman–Crippen LogP) is 2.87. The van der Waals surface area contributed by atoms with Crippen LogP contribution in [0, 0.1) is 0 Å². The van der Waals surface area contributed by atoms with E-state index in [4.69, 9.17) is 17.2 Å². The minimum atomic E-state index is -0.639. The number of hydrogen-bond acceptors (Lipinski definition) is 4. The highest BCUT2D eigenvalue weighted by molar-refractivity contribution is 5.99. The number of anilines is 3. The molecule has 0 atom stereocenters. The van der Waals surface area contributed by atoms with Crippen molar-refractivity contribution in [1.82, 2.24) is 0 Å². The van der Waals surface area contributed by atoms with Gasteiger partial charge in [0, 0.05) is 33.6 Å². The second-order valence-corrected chi connectivity index (χ2v) is 5.23. The number of aromatic hydroxyl groups is 1. The Kier molecular flexibility index (Phi) is 3.42. The molecule has 0 aliphatic rings. The Hall–Kier alpha value is -3.41. The van der Waals surface area contributed by atoms with Crippen molar-refractivity contribution in [3.8, 4) is 16.9 Å². The highest BCUT2D eigenvalue weighted by Crippen LogP contribution is 2.39. The number of fused-ring (bicyclic) bond motifs is 1. The number of amides is 2. The minimum Gasteiger partial charge on any atom is -0.507 e. The smallest absolute Gasteiger partial charge is 0.316 e. The van der Waals surface area contributed by atoms with Gasteiger partial charge in [-0.1, -0.05) is 12.1 Å². The largest absolute Gasteiger partial charge is 0.507 e. The van der Waals surface area contributed by atoms with E-state index >= 15 is 0 Å². The summed E-state index contributed by atoms with van der Waals surface area (Å²) < 4.78 is 0. The molecule has 0 aliphatic carbocycles. The third-order valence-electron chi connectivity index (χ3n) is 3.62. The molecule has 0 radical (unpaired) electrons. The first-order valence-corrected chi connectivity index (χ1v) is 6.93. The van der Waals surface area contributed by atoms with Crippen LogP contribution in [0.25, 0.3) is 21.9 Å². The lowest BCUT2D eigenvalue weighted by Crippen LogP contribution is -2.19. The molecule has 6 nitrogen and oxygen atoms in total. The van der Waals surface area contributed by atoms with Crippen molar-refractivity contribution in [3.63, 3.8) is 0 Å². The van der Waals surface area contributed by atoms with Crippen molar-refractivity contribution in [2.45, 2.75) is 0 Å². The van der Waals surface area contributed by atoms with Gasteiger partial charge in [0.2, 0.25) is 0 Å². The van der Waals surface area contributed by atoms with Crippen LogP contribution in [0.1, 0.15) is 0 Å². The molecule has 2 amide bonds. The molecule has 23 heavy (non-hydrogen) atoms. The zero-order valence-corrected chi connectivity index (χ0v) is 12.2. The van der Waals surface area contributed by atoms with Crippen LogP contribution in [0.3, 0.4) is 0 Å². The normalized spacial score (nSPS) is 10.6. The Morgan fingerprint density at radius 3 is 2.39 bits per heavy atom. The molecule has 0 saturated carbocycles. The zero-order valence-electron chi connectivity index (χ0n) is 12.2. The van der Waals surface area contributed by atoms with Crippen LogP contribution in [0.4, 0.5) is 21.9 Å². The summed E-state index contributed by atoms with van der Waals surface area (Å²) in [6.07, 6.45) is 0. The van der Waals surface area contributed by atoms with Crippen molar-refractivity contribution in [2.75, 3.05) is 16.8 Å². The van der Waals surface area contributed by atoms with Gasteiger partial charge in [-0.05, 0) is 41.8 Å². The topological polar surface area (TPSA) is 127 Å². The Bertz CT molecular complexity index is 922. The molecular weight excluding hydrogens is 292 g/mol. The molecule has 8 N–H and O–H groups in total. The number of carbonyl (C=O) groups excluding carboxylic acids is 1. The van der Waals surface area contributed by atoms with E-state index in [2.05, 4.69) is 5.32 Å². The average molecular weight is 308 g/mol. The van der Waals surface area contributed by atoms with Gasteiger partial charge in [0.1, 0.15) is 5.75 Å². The van der Waals surface area contributed by atoms with E-state index in [1.165, 1.54) is 0 Å². The monoisotopic (exact) mass is 308 g/mol. The number of primary amides is 1. The third-order valence-corrected chi connectivity index (χ3v) is 3.62. The molecule has 6 heteroatoms. The fourth-order valence-electron chi connectivity index (χ4n) is 2.58. The summed E-state index contributed by atoms with van der Waals surface area (Å²) in [5.74, 6) is 0.115. The maximum absolute atomic E-state index is 10.9. The van der Waals surface area contributed by atoms with Gasteiger partial charge in [0.05, 0.1) is 0 Å². The van der Waals surface area contributed by atoms with Crippen molar-refractivity contribution < 1.29 is 9.90 Å². The number of phenols is 1. The van der Waals surface area contributed by atoms with E-state index in [-0.39, 0.29) is 5.75 Å². The van der Waals surface area contributed by atoms with Crippen LogP contribution in [0.2, 0.25) is 0 Å². The lowest BCUT2D eigenvalue weighted by Gasteiger charge is -2.12. The summed E-state index contributed by atoms with van der Waals surface area (Å²) in [5.41, 5.74) is 19.7. The number of nitrogen functional groups attached to an aromatic ring is 2. The molecule has 116 valence electrons. The summed E-state index contributed by atoms with van der Waals surface area (Å²) >= 11 is 0. The van der Waals surface area contributed by atoms with Gasteiger partial charge >= 0.3 is 6.03 Å². The Balaban J connectivity index is 2.13. The van der Waals surface area contributed by atoms with Gasteiger partial charge in [-0.25, -0.2) is 4.79 Å². The van der Waals surface area contributed by atoms with Crippen LogP contribution < -0.4 is 22.5 Å². The van der Waals surface area contributed by atoms with E-state index in [9.17, 15) is 9.90 Å². The van der Waals surface area contributed by atoms with Crippen molar-refractivity contribution >= 4 is 33.9 Å². The number of phenolic OH excluding ortho intramolecular Hbond substituents is 1. The highest BCUT2D eigenvalue weighted by atomic mass is 16.3.